The van der Waals surface area contributed by atoms with Gasteiger partial charge in [-0.15, -0.1) is 0 Å². The zero-order chi connectivity index (χ0) is 19.0. The summed E-state index contributed by atoms with van der Waals surface area (Å²) < 4.78 is 0. The van der Waals surface area contributed by atoms with Crippen molar-refractivity contribution < 1.29 is 4.79 Å². The zero-order valence-corrected chi connectivity index (χ0v) is 16.1. The van der Waals surface area contributed by atoms with Gasteiger partial charge in [0.1, 0.15) is 0 Å². The molecule has 1 amide bonds. The maximum Gasteiger partial charge on any atom is 0.255 e. The van der Waals surface area contributed by atoms with Crippen molar-refractivity contribution in [3.8, 4) is 0 Å². The second-order valence-corrected chi connectivity index (χ2v) is 7.52. The molecule has 0 saturated carbocycles. The molecule has 0 bridgehead atoms. The predicted molar refractivity (Wildman–Crippen MR) is 109 cm³/mol. The summed E-state index contributed by atoms with van der Waals surface area (Å²) >= 11 is 0. The molecule has 4 heteroatoms. The maximum atomic E-state index is 13.6. The second kappa shape index (κ2) is 7.12. The van der Waals surface area contributed by atoms with E-state index >= 15 is 0 Å². The Morgan fingerprint density at radius 1 is 1.04 bits per heavy atom. The fourth-order valence-electron chi connectivity index (χ4n) is 3.93. The summed E-state index contributed by atoms with van der Waals surface area (Å²) in [6.07, 6.45) is 0. The van der Waals surface area contributed by atoms with Gasteiger partial charge in [-0.2, -0.15) is 0 Å². The highest BCUT2D eigenvalue weighted by molar-refractivity contribution is 6.06. The highest BCUT2D eigenvalue weighted by atomic mass is 16.2. The molecule has 1 saturated heterocycles. The van der Waals surface area contributed by atoms with E-state index < -0.39 is 0 Å². The van der Waals surface area contributed by atoms with Crippen molar-refractivity contribution in [3.05, 3.63) is 77.0 Å². The van der Waals surface area contributed by atoms with E-state index in [9.17, 15) is 4.79 Å². The third-order valence-electron chi connectivity index (χ3n) is 5.35. The van der Waals surface area contributed by atoms with Crippen LogP contribution < -0.4 is 0 Å². The predicted octanol–water partition coefficient (Wildman–Crippen LogP) is 3.98. The first-order chi connectivity index (χ1) is 13.0. The van der Waals surface area contributed by atoms with Crippen molar-refractivity contribution in [2.24, 2.45) is 0 Å². The largest absolute Gasteiger partial charge is 0.329 e. The van der Waals surface area contributed by atoms with E-state index in [1.807, 2.05) is 48.2 Å². The number of hydrogen-bond acceptors (Lipinski definition) is 3. The lowest BCUT2D eigenvalue weighted by Gasteiger charge is -2.40. The highest BCUT2D eigenvalue weighted by Gasteiger charge is 2.31. The van der Waals surface area contributed by atoms with Crippen LogP contribution in [0.1, 0.15) is 33.2 Å². The molecule has 1 aromatic heterocycles. The van der Waals surface area contributed by atoms with E-state index in [1.54, 1.807) is 0 Å². The van der Waals surface area contributed by atoms with Crippen LogP contribution in [-0.4, -0.2) is 47.4 Å². The summed E-state index contributed by atoms with van der Waals surface area (Å²) in [5.74, 6) is 0.0954. The number of carbonyl (C=O) groups excluding carboxylic acids is 1. The number of likely N-dealkylation sites (N-methyl/N-ethyl adjacent to an activating group) is 1. The van der Waals surface area contributed by atoms with Crippen LogP contribution in [0, 0.1) is 13.8 Å². The highest BCUT2D eigenvalue weighted by Crippen LogP contribution is 2.29. The van der Waals surface area contributed by atoms with E-state index in [4.69, 9.17) is 0 Å². The Hall–Kier alpha value is -2.72. The summed E-state index contributed by atoms with van der Waals surface area (Å²) in [5, 5.41) is 0.941. The fraction of sp³-hybridized carbons (Fsp3) is 0.304. The summed E-state index contributed by atoms with van der Waals surface area (Å²) in [7, 11) is 2.12. The van der Waals surface area contributed by atoms with Gasteiger partial charge < -0.3 is 9.80 Å². The number of benzene rings is 2. The van der Waals surface area contributed by atoms with Crippen LogP contribution in [0.4, 0.5) is 0 Å². The molecule has 2 heterocycles. The SMILES string of the molecule is Cc1ccc2nc(C)cc(C(=O)N3CCN(C)C[C@@H]3c3ccccc3)c2c1. The number of carbonyl (C=O) groups is 1. The molecule has 3 aromatic rings. The topological polar surface area (TPSA) is 36.4 Å². The molecule has 0 unspecified atom stereocenters. The van der Waals surface area contributed by atoms with Crippen LogP contribution in [0.5, 0.6) is 0 Å². The van der Waals surface area contributed by atoms with Gasteiger partial charge in [-0.25, -0.2) is 0 Å². The molecule has 1 aliphatic heterocycles. The molecular weight excluding hydrogens is 334 g/mol. The Kier molecular flexibility index (Phi) is 4.66. The molecule has 4 nitrogen and oxygen atoms in total. The van der Waals surface area contributed by atoms with Crippen molar-refractivity contribution >= 4 is 16.8 Å². The molecular formula is C23H25N3O. The van der Waals surface area contributed by atoms with Gasteiger partial charge in [-0.05, 0) is 44.7 Å². The molecule has 27 heavy (non-hydrogen) atoms. The number of aromatic nitrogens is 1. The monoisotopic (exact) mass is 359 g/mol. The van der Waals surface area contributed by atoms with Crippen molar-refractivity contribution in [3.63, 3.8) is 0 Å². The molecule has 0 radical (unpaired) electrons. The molecule has 1 atom stereocenters. The molecule has 0 aliphatic carbocycles. The number of fused-ring (bicyclic) bond motifs is 1. The Morgan fingerprint density at radius 3 is 2.59 bits per heavy atom. The van der Waals surface area contributed by atoms with Crippen LogP contribution in [0.2, 0.25) is 0 Å². The number of aryl methyl sites for hydroxylation is 2. The Labute approximate surface area is 160 Å². The fourth-order valence-corrected chi connectivity index (χ4v) is 3.93. The third kappa shape index (κ3) is 3.45. The Bertz CT molecular complexity index is 984. The minimum atomic E-state index is 0.0609. The lowest BCUT2D eigenvalue weighted by atomic mass is 9.99. The average Bonchev–Trinajstić information content (AvgIpc) is 2.68. The van der Waals surface area contributed by atoms with Crippen molar-refractivity contribution in [1.82, 2.24) is 14.8 Å². The van der Waals surface area contributed by atoms with E-state index in [0.717, 1.165) is 47.4 Å². The smallest absolute Gasteiger partial charge is 0.255 e. The summed E-state index contributed by atoms with van der Waals surface area (Å²) in [6.45, 7) is 6.46. The number of amides is 1. The minimum absolute atomic E-state index is 0.0609. The molecule has 0 spiro atoms. The molecule has 0 N–H and O–H groups in total. The van der Waals surface area contributed by atoms with Gasteiger partial charge in [0.25, 0.3) is 5.91 Å². The van der Waals surface area contributed by atoms with Gasteiger partial charge in [0, 0.05) is 30.7 Å². The van der Waals surface area contributed by atoms with Crippen molar-refractivity contribution in [2.45, 2.75) is 19.9 Å². The van der Waals surface area contributed by atoms with Gasteiger partial charge in [0.05, 0.1) is 17.1 Å². The maximum absolute atomic E-state index is 13.6. The molecule has 1 aliphatic rings. The number of pyridine rings is 1. The number of rotatable bonds is 2. The summed E-state index contributed by atoms with van der Waals surface area (Å²) in [5.41, 5.74) is 4.84. The van der Waals surface area contributed by atoms with Crippen LogP contribution in [0.25, 0.3) is 10.9 Å². The van der Waals surface area contributed by atoms with E-state index in [0.29, 0.717) is 0 Å². The molecule has 138 valence electrons. The molecule has 1 fully saturated rings. The molecule has 4 rings (SSSR count). The second-order valence-electron chi connectivity index (χ2n) is 7.52. The van der Waals surface area contributed by atoms with Crippen molar-refractivity contribution in [1.29, 1.82) is 0 Å². The standard InChI is InChI=1S/C23H25N3O/c1-16-9-10-21-19(13-16)20(14-17(2)24-21)23(27)26-12-11-25(3)15-22(26)18-7-5-4-6-8-18/h4-10,13-14,22H,11-12,15H2,1-3H3/t22-/m1/s1. The lowest BCUT2D eigenvalue weighted by Crippen LogP contribution is -2.49. The first-order valence-corrected chi connectivity index (χ1v) is 9.45. The quantitative estimate of drug-likeness (QED) is 0.694. The van der Waals surface area contributed by atoms with E-state index in [1.165, 1.54) is 5.56 Å². The van der Waals surface area contributed by atoms with Gasteiger partial charge in [0.2, 0.25) is 0 Å². The van der Waals surface area contributed by atoms with Crippen LogP contribution in [0.15, 0.2) is 54.6 Å². The lowest BCUT2D eigenvalue weighted by molar-refractivity contribution is 0.0500. The third-order valence-corrected chi connectivity index (χ3v) is 5.35. The van der Waals surface area contributed by atoms with Gasteiger partial charge in [-0.1, -0.05) is 42.0 Å². The van der Waals surface area contributed by atoms with Gasteiger partial charge in [-0.3, -0.25) is 9.78 Å². The van der Waals surface area contributed by atoms with E-state index in [-0.39, 0.29) is 11.9 Å². The minimum Gasteiger partial charge on any atom is -0.329 e. The van der Waals surface area contributed by atoms with Crippen LogP contribution >= 0.6 is 0 Å². The number of nitrogens with zero attached hydrogens (tertiary/aromatic N) is 3. The van der Waals surface area contributed by atoms with Gasteiger partial charge >= 0.3 is 0 Å². The normalized spacial score (nSPS) is 18.0. The van der Waals surface area contributed by atoms with Crippen LogP contribution in [0.3, 0.4) is 0 Å². The average molecular weight is 359 g/mol. The van der Waals surface area contributed by atoms with Crippen LogP contribution in [-0.2, 0) is 0 Å². The Morgan fingerprint density at radius 2 is 1.81 bits per heavy atom. The zero-order valence-electron chi connectivity index (χ0n) is 16.1. The van der Waals surface area contributed by atoms with Gasteiger partial charge in [0.15, 0.2) is 0 Å². The van der Waals surface area contributed by atoms with Crippen molar-refractivity contribution in [2.75, 3.05) is 26.7 Å². The summed E-state index contributed by atoms with van der Waals surface area (Å²) in [6, 6.07) is 18.5. The summed E-state index contributed by atoms with van der Waals surface area (Å²) in [4.78, 5) is 22.6. The Balaban J connectivity index is 1.79. The number of piperazine rings is 1. The first kappa shape index (κ1) is 17.7. The number of hydrogen-bond donors (Lipinski definition) is 0. The first-order valence-electron chi connectivity index (χ1n) is 9.45. The van der Waals surface area contributed by atoms with E-state index in [2.05, 4.69) is 42.1 Å². The molecule has 2 aromatic carbocycles.